The van der Waals surface area contributed by atoms with E-state index in [1.165, 1.54) is 32.1 Å². The minimum absolute atomic E-state index is 0.394. The minimum Gasteiger partial charge on any atom is -0.326 e. The molecule has 0 aromatic carbocycles. The van der Waals surface area contributed by atoms with Crippen molar-refractivity contribution in [2.75, 3.05) is 7.05 Å². The summed E-state index contributed by atoms with van der Waals surface area (Å²) in [5, 5.41) is 0. The molecule has 0 amide bonds. The zero-order valence-corrected chi connectivity index (χ0v) is 10.9. The second kappa shape index (κ2) is 5.86. The summed E-state index contributed by atoms with van der Waals surface area (Å²) >= 11 is 0. The monoisotopic (exact) mass is 212 g/mol. The summed E-state index contributed by atoms with van der Waals surface area (Å²) in [6.07, 6.45) is 6.57. The third kappa shape index (κ3) is 3.46. The van der Waals surface area contributed by atoms with Gasteiger partial charge in [0.1, 0.15) is 0 Å². The molecule has 3 atom stereocenters. The Morgan fingerprint density at radius 2 is 2.00 bits per heavy atom. The first-order valence-electron chi connectivity index (χ1n) is 6.53. The molecule has 0 heterocycles. The molecule has 0 spiro atoms. The Hall–Kier alpha value is -0.0800. The SMILES string of the molecule is CCCC1CCC(N)C(N(C)C(C)C)C1. The van der Waals surface area contributed by atoms with Crippen molar-refractivity contribution < 1.29 is 0 Å². The summed E-state index contributed by atoms with van der Waals surface area (Å²) < 4.78 is 0. The molecule has 2 nitrogen and oxygen atoms in total. The zero-order valence-electron chi connectivity index (χ0n) is 10.9. The maximum Gasteiger partial charge on any atom is 0.0249 e. The van der Waals surface area contributed by atoms with Gasteiger partial charge in [-0.3, -0.25) is 4.90 Å². The van der Waals surface area contributed by atoms with Crippen LogP contribution in [0.1, 0.15) is 52.9 Å². The van der Waals surface area contributed by atoms with E-state index in [1.54, 1.807) is 0 Å². The Morgan fingerprint density at radius 3 is 2.53 bits per heavy atom. The Bertz CT molecular complexity index is 179. The first-order chi connectivity index (χ1) is 7.06. The van der Waals surface area contributed by atoms with Crippen LogP contribution >= 0.6 is 0 Å². The van der Waals surface area contributed by atoms with Crippen LogP contribution in [0.2, 0.25) is 0 Å². The van der Waals surface area contributed by atoms with Crippen molar-refractivity contribution in [1.29, 1.82) is 0 Å². The van der Waals surface area contributed by atoms with Crippen molar-refractivity contribution in [2.45, 2.75) is 71.0 Å². The number of nitrogens with zero attached hydrogens (tertiary/aromatic N) is 1. The summed E-state index contributed by atoms with van der Waals surface area (Å²) in [7, 11) is 2.23. The van der Waals surface area contributed by atoms with Gasteiger partial charge in [-0.15, -0.1) is 0 Å². The summed E-state index contributed by atoms with van der Waals surface area (Å²) in [5.74, 6) is 0.918. The van der Waals surface area contributed by atoms with E-state index in [9.17, 15) is 0 Å². The number of hydrogen-bond acceptors (Lipinski definition) is 2. The molecule has 1 saturated carbocycles. The first-order valence-corrected chi connectivity index (χ1v) is 6.53. The van der Waals surface area contributed by atoms with E-state index in [2.05, 4.69) is 32.7 Å². The van der Waals surface area contributed by atoms with Gasteiger partial charge in [-0.2, -0.15) is 0 Å². The first kappa shape index (κ1) is 13.0. The van der Waals surface area contributed by atoms with Gasteiger partial charge in [0.05, 0.1) is 0 Å². The molecule has 2 N–H and O–H groups in total. The van der Waals surface area contributed by atoms with E-state index in [0.29, 0.717) is 18.1 Å². The Morgan fingerprint density at radius 1 is 1.33 bits per heavy atom. The largest absolute Gasteiger partial charge is 0.326 e. The van der Waals surface area contributed by atoms with E-state index >= 15 is 0 Å². The summed E-state index contributed by atoms with van der Waals surface area (Å²) in [6.45, 7) is 6.81. The highest BCUT2D eigenvalue weighted by Crippen LogP contribution is 2.30. The lowest BCUT2D eigenvalue weighted by Crippen LogP contribution is -2.51. The zero-order chi connectivity index (χ0) is 11.4. The second-order valence-electron chi connectivity index (χ2n) is 5.46. The average molecular weight is 212 g/mol. The fraction of sp³-hybridized carbons (Fsp3) is 1.00. The van der Waals surface area contributed by atoms with Crippen LogP contribution in [-0.4, -0.2) is 30.1 Å². The van der Waals surface area contributed by atoms with Crippen molar-refractivity contribution in [3.05, 3.63) is 0 Å². The van der Waals surface area contributed by atoms with Crippen molar-refractivity contribution in [2.24, 2.45) is 11.7 Å². The average Bonchev–Trinajstić information content (AvgIpc) is 2.20. The third-order valence-electron chi connectivity index (χ3n) is 4.01. The van der Waals surface area contributed by atoms with Crippen molar-refractivity contribution >= 4 is 0 Å². The lowest BCUT2D eigenvalue weighted by atomic mass is 9.79. The minimum atomic E-state index is 0.394. The van der Waals surface area contributed by atoms with Crippen molar-refractivity contribution in [1.82, 2.24) is 4.90 Å². The summed E-state index contributed by atoms with van der Waals surface area (Å²) in [5.41, 5.74) is 6.23. The summed E-state index contributed by atoms with van der Waals surface area (Å²) in [6, 6.07) is 1.61. The second-order valence-corrected chi connectivity index (χ2v) is 5.46. The van der Waals surface area contributed by atoms with Gasteiger partial charge in [0.25, 0.3) is 0 Å². The van der Waals surface area contributed by atoms with E-state index in [1.807, 2.05) is 0 Å². The molecule has 0 saturated heterocycles. The van der Waals surface area contributed by atoms with E-state index in [0.717, 1.165) is 5.92 Å². The molecule has 1 aliphatic rings. The van der Waals surface area contributed by atoms with E-state index in [-0.39, 0.29) is 0 Å². The number of rotatable bonds is 4. The molecule has 0 aromatic rings. The van der Waals surface area contributed by atoms with Crippen LogP contribution in [0.5, 0.6) is 0 Å². The van der Waals surface area contributed by atoms with Gasteiger partial charge in [0.15, 0.2) is 0 Å². The fourth-order valence-corrected chi connectivity index (χ4v) is 2.78. The third-order valence-corrected chi connectivity index (χ3v) is 4.01. The Labute approximate surface area is 95.2 Å². The van der Waals surface area contributed by atoms with Gasteiger partial charge in [-0.25, -0.2) is 0 Å². The molecule has 0 aliphatic heterocycles. The van der Waals surface area contributed by atoms with Gasteiger partial charge in [0.2, 0.25) is 0 Å². The number of nitrogens with two attached hydrogens (primary N) is 1. The lowest BCUT2D eigenvalue weighted by molar-refractivity contribution is 0.107. The van der Waals surface area contributed by atoms with Crippen LogP contribution in [0.3, 0.4) is 0 Å². The van der Waals surface area contributed by atoms with Crippen LogP contribution in [0.4, 0.5) is 0 Å². The fourth-order valence-electron chi connectivity index (χ4n) is 2.78. The molecular weight excluding hydrogens is 184 g/mol. The maximum absolute atomic E-state index is 6.23. The quantitative estimate of drug-likeness (QED) is 0.776. The molecule has 3 unspecified atom stereocenters. The van der Waals surface area contributed by atoms with Crippen LogP contribution in [-0.2, 0) is 0 Å². The van der Waals surface area contributed by atoms with Gasteiger partial charge >= 0.3 is 0 Å². The van der Waals surface area contributed by atoms with Crippen LogP contribution in [0.25, 0.3) is 0 Å². The molecule has 15 heavy (non-hydrogen) atoms. The lowest BCUT2D eigenvalue weighted by Gasteiger charge is -2.41. The van der Waals surface area contributed by atoms with Crippen molar-refractivity contribution in [3.8, 4) is 0 Å². The topological polar surface area (TPSA) is 29.3 Å². The predicted molar refractivity (Wildman–Crippen MR) is 66.9 cm³/mol. The van der Waals surface area contributed by atoms with Crippen LogP contribution in [0.15, 0.2) is 0 Å². The molecule has 1 fully saturated rings. The van der Waals surface area contributed by atoms with Gasteiger partial charge in [-0.05, 0) is 46.1 Å². The van der Waals surface area contributed by atoms with E-state index in [4.69, 9.17) is 5.73 Å². The normalized spacial score (nSPS) is 32.6. The molecular formula is C13H28N2. The van der Waals surface area contributed by atoms with Crippen LogP contribution < -0.4 is 5.73 Å². The molecule has 2 heteroatoms. The van der Waals surface area contributed by atoms with Gasteiger partial charge < -0.3 is 5.73 Å². The highest BCUT2D eigenvalue weighted by Gasteiger charge is 2.31. The number of likely N-dealkylation sites (N-methyl/N-ethyl adjacent to an activating group) is 1. The molecule has 0 bridgehead atoms. The van der Waals surface area contributed by atoms with Crippen LogP contribution in [0, 0.1) is 5.92 Å². The smallest absolute Gasteiger partial charge is 0.0249 e. The summed E-state index contributed by atoms with van der Waals surface area (Å²) in [4.78, 5) is 2.46. The molecule has 1 rings (SSSR count). The standard InChI is InChI=1S/C13H28N2/c1-5-6-11-7-8-12(14)13(9-11)15(4)10(2)3/h10-13H,5-9,14H2,1-4H3. The highest BCUT2D eigenvalue weighted by atomic mass is 15.2. The molecule has 0 aromatic heterocycles. The molecule has 90 valence electrons. The van der Waals surface area contributed by atoms with E-state index < -0.39 is 0 Å². The molecule has 0 radical (unpaired) electrons. The predicted octanol–water partition coefficient (Wildman–Crippen LogP) is 2.62. The maximum atomic E-state index is 6.23. The Balaban J connectivity index is 2.53. The highest BCUT2D eigenvalue weighted by molar-refractivity contribution is 4.89. The van der Waals surface area contributed by atoms with Crippen molar-refractivity contribution in [3.63, 3.8) is 0 Å². The number of hydrogen-bond donors (Lipinski definition) is 1. The van der Waals surface area contributed by atoms with Gasteiger partial charge in [0, 0.05) is 18.1 Å². The molecule has 1 aliphatic carbocycles. The van der Waals surface area contributed by atoms with Gasteiger partial charge in [-0.1, -0.05) is 19.8 Å². The Kier molecular flexibility index (Phi) is 5.07.